The van der Waals surface area contributed by atoms with Gasteiger partial charge >= 0.3 is 5.97 Å². The maximum Gasteiger partial charge on any atom is 0.309 e. The predicted molar refractivity (Wildman–Crippen MR) is 127 cm³/mol. The SMILES string of the molecule is COC(=O)[C@H](Cc1cnc(Cl)s1)[C@H]1CC[C@H]2[C@@H]3CC[C@H]4CC(=O)CC[C@]4(C)[C@H]3CC[C@]12C. The number of rotatable bonds is 4. The Hall–Kier alpha value is -0.940. The standard InChI is InChI=1S/C26H36ClNO3S/c1-25-10-8-16(29)12-15(25)4-5-18-20-6-7-21(26(20,2)11-9-22(18)25)19(23(30)31-3)13-17-14-28-24(27)32-17/h14-15,18-22H,4-13H2,1-3H3/t15-,18-,19+,20-,21+,22-,25-,26-/m0/s1. The summed E-state index contributed by atoms with van der Waals surface area (Å²) >= 11 is 7.56. The van der Waals surface area contributed by atoms with Gasteiger partial charge in [-0.25, -0.2) is 4.98 Å². The van der Waals surface area contributed by atoms with E-state index in [4.69, 9.17) is 16.3 Å². The summed E-state index contributed by atoms with van der Waals surface area (Å²) in [7, 11) is 1.52. The number of carbonyl (C=O) groups is 2. The summed E-state index contributed by atoms with van der Waals surface area (Å²) in [5, 5.41) is 0. The molecule has 0 unspecified atom stereocenters. The lowest BCUT2D eigenvalue weighted by Crippen LogP contribution is -2.54. The normalized spacial score (nSPS) is 42.0. The Labute approximate surface area is 200 Å². The number of nitrogens with zero attached hydrogens (tertiary/aromatic N) is 1. The molecule has 0 aromatic carbocycles. The number of methoxy groups -OCH3 is 1. The van der Waals surface area contributed by atoms with E-state index in [9.17, 15) is 9.59 Å². The van der Waals surface area contributed by atoms with Crippen molar-refractivity contribution in [2.45, 2.75) is 78.1 Å². The fourth-order valence-electron chi connectivity index (χ4n) is 8.88. The quantitative estimate of drug-likeness (QED) is 0.473. The molecule has 4 saturated carbocycles. The van der Waals surface area contributed by atoms with Crippen molar-refractivity contribution < 1.29 is 14.3 Å². The van der Waals surface area contributed by atoms with E-state index < -0.39 is 0 Å². The summed E-state index contributed by atoms with van der Waals surface area (Å²) in [6, 6.07) is 0. The van der Waals surface area contributed by atoms with Crippen LogP contribution in [0.15, 0.2) is 6.20 Å². The van der Waals surface area contributed by atoms with E-state index in [1.54, 1.807) is 0 Å². The van der Waals surface area contributed by atoms with Crippen LogP contribution in [0.3, 0.4) is 0 Å². The van der Waals surface area contributed by atoms with Crippen LogP contribution in [0.2, 0.25) is 4.47 Å². The Morgan fingerprint density at radius 3 is 2.69 bits per heavy atom. The zero-order chi connectivity index (χ0) is 22.7. The number of ketones is 1. The molecular formula is C26H36ClNO3S. The Kier molecular flexibility index (Phi) is 5.97. The second-order valence-electron chi connectivity index (χ2n) is 11.5. The second-order valence-corrected chi connectivity index (χ2v) is 13.2. The van der Waals surface area contributed by atoms with Crippen LogP contribution in [0.25, 0.3) is 0 Å². The Balaban J connectivity index is 1.40. The van der Waals surface area contributed by atoms with Crippen molar-refractivity contribution in [3.63, 3.8) is 0 Å². The van der Waals surface area contributed by atoms with Crippen LogP contribution in [0.5, 0.6) is 0 Å². The predicted octanol–water partition coefficient (Wildman–Crippen LogP) is 6.36. The maximum absolute atomic E-state index is 13.0. The lowest BCUT2D eigenvalue weighted by Gasteiger charge is -2.60. The molecule has 0 amide bonds. The fourth-order valence-corrected chi connectivity index (χ4v) is 9.92. The average molecular weight is 478 g/mol. The number of esters is 1. The molecule has 6 heteroatoms. The van der Waals surface area contributed by atoms with E-state index in [1.807, 2.05) is 6.20 Å². The first-order valence-electron chi connectivity index (χ1n) is 12.5. The van der Waals surface area contributed by atoms with Crippen molar-refractivity contribution in [3.05, 3.63) is 15.5 Å². The highest BCUT2D eigenvalue weighted by atomic mass is 35.5. The number of ether oxygens (including phenoxy) is 1. The number of hydrogen-bond acceptors (Lipinski definition) is 5. The van der Waals surface area contributed by atoms with Gasteiger partial charge in [-0.05, 0) is 91.8 Å². The number of fused-ring (bicyclic) bond motifs is 5. The molecule has 0 radical (unpaired) electrons. The lowest BCUT2D eigenvalue weighted by molar-refractivity contribution is -0.153. The summed E-state index contributed by atoms with van der Waals surface area (Å²) in [5.74, 6) is 3.38. The highest BCUT2D eigenvalue weighted by molar-refractivity contribution is 7.15. The van der Waals surface area contributed by atoms with Crippen molar-refractivity contribution in [1.29, 1.82) is 0 Å². The largest absolute Gasteiger partial charge is 0.469 e. The topological polar surface area (TPSA) is 56.3 Å². The number of carbonyl (C=O) groups excluding carboxylic acids is 2. The molecule has 176 valence electrons. The third kappa shape index (κ3) is 3.57. The number of hydrogen-bond donors (Lipinski definition) is 0. The Morgan fingerprint density at radius 1 is 1.19 bits per heavy atom. The summed E-state index contributed by atoms with van der Waals surface area (Å²) in [6.07, 6.45) is 12.4. The van der Waals surface area contributed by atoms with Crippen LogP contribution in [0, 0.1) is 46.3 Å². The van der Waals surface area contributed by atoms with Gasteiger partial charge in [0.1, 0.15) is 5.78 Å². The fraction of sp³-hybridized carbons (Fsp3) is 0.808. The molecule has 32 heavy (non-hydrogen) atoms. The zero-order valence-electron chi connectivity index (χ0n) is 19.6. The van der Waals surface area contributed by atoms with Crippen LogP contribution in [-0.2, 0) is 20.7 Å². The molecule has 1 aromatic rings. The second kappa shape index (κ2) is 8.37. The molecule has 1 aromatic heterocycles. The maximum atomic E-state index is 13.0. The molecular weight excluding hydrogens is 442 g/mol. The molecule has 1 heterocycles. The highest BCUT2D eigenvalue weighted by Gasteiger charge is 2.61. The molecule has 8 atom stereocenters. The molecule has 0 aliphatic heterocycles. The molecule has 4 fully saturated rings. The molecule has 0 N–H and O–H groups in total. The van der Waals surface area contributed by atoms with Gasteiger partial charge in [0.25, 0.3) is 0 Å². The summed E-state index contributed by atoms with van der Waals surface area (Å²) in [6.45, 7) is 4.97. The number of aromatic nitrogens is 1. The molecule has 0 spiro atoms. The van der Waals surface area contributed by atoms with E-state index in [0.29, 0.717) is 39.8 Å². The molecule has 0 saturated heterocycles. The van der Waals surface area contributed by atoms with E-state index in [1.165, 1.54) is 50.6 Å². The van der Waals surface area contributed by atoms with Crippen molar-refractivity contribution in [3.8, 4) is 0 Å². The van der Waals surface area contributed by atoms with Gasteiger partial charge in [0, 0.05) is 23.9 Å². The van der Waals surface area contributed by atoms with E-state index in [2.05, 4.69) is 18.8 Å². The van der Waals surface area contributed by atoms with Crippen LogP contribution in [0.4, 0.5) is 0 Å². The van der Waals surface area contributed by atoms with Gasteiger partial charge < -0.3 is 4.74 Å². The molecule has 5 rings (SSSR count). The number of Topliss-reactive ketones (excluding diaryl/α,β-unsaturated/α-hetero) is 1. The summed E-state index contributed by atoms with van der Waals surface area (Å²) in [5.41, 5.74) is 0.513. The van der Waals surface area contributed by atoms with Gasteiger partial charge in [0.05, 0.1) is 13.0 Å². The molecule has 4 aliphatic rings. The van der Waals surface area contributed by atoms with Gasteiger partial charge in [-0.3, -0.25) is 9.59 Å². The zero-order valence-corrected chi connectivity index (χ0v) is 21.1. The Morgan fingerprint density at radius 2 is 1.97 bits per heavy atom. The van der Waals surface area contributed by atoms with Crippen LogP contribution < -0.4 is 0 Å². The van der Waals surface area contributed by atoms with Crippen molar-refractivity contribution in [2.24, 2.45) is 46.3 Å². The summed E-state index contributed by atoms with van der Waals surface area (Å²) in [4.78, 5) is 30.4. The lowest BCUT2D eigenvalue weighted by atomic mass is 9.44. The minimum Gasteiger partial charge on any atom is -0.469 e. The van der Waals surface area contributed by atoms with Crippen molar-refractivity contribution in [1.82, 2.24) is 4.98 Å². The van der Waals surface area contributed by atoms with Gasteiger partial charge in [-0.15, -0.1) is 11.3 Å². The highest BCUT2D eigenvalue weighted by Crippen LogP contribution is 2.68. The number of halogens is 1. The van der Waals surface area contributed by atoms with Crippen LogP contribution in [0.1, 0.15) is 76.5 Å². The summed E-state index contributed by atoms with van der Waals surface area (Å²) < 4.78 is 5.85. The first kappa shape index (κ1) is 22.8. The van der Waals surface area contributed by atoms with Crippen LogP contribution in [-0.4, -0.2) is 23.8 Å². The van der Waals surface area contributed by atoms with E-state index >= 15 is 0 Å². The van der Waals surface area contributed by atoms with Gasteiger partial charge in [-0.1, -0.05) is 25.4 Å². The Bertz CT molecular complexity index is 901. The molecule has 0 bridgehead atoms. The smallest absolute Gasteiger partial charge is 0.309 e. The monoisotopic (exact) mass is 477 g/mol. The number of thiazole rings is 1. The minimum atomic E-state index is -0.123. The third-order valence-corrected chi connectivity index (χ3v) is 11.6. The van der Waals surface area contributed by atoms with Gasteiger partial charge in [-0.2, -0.15) is 0 Å². The third-order valence-electron chi connectivity index (χ3n) is 10.5. The van der Waals surface area contributed by atoms with E-state index in [-0.39, 0.29) is 17.3 Å². The van der Waals surface area contributed by atoms with Crippen molar-refractivity contribution in [2.75, 3.05) is 7.11 Å². The average Bonchev–Trinajstić information content (AvgIpc) is 3.34. The first-order chi connectivity index (χ1) is 15.3. The van der Waals surface area contributed by atoms with Crippen molar-refractivity contribution >= 4 is 34.7 Å². The van der Waals surface area contributed by atoms with E-state index in [0.717, 1.165) is 42.4 Å². The molecule has 4 aliphatic carbocycles. The van der Waals surface area contributed by atoms with Gasteiger partial charge in [0.15, 0.2) is 4.47 Å². The van der Waals surface area contributed by atoms with Crippen LogP contribution >= 0.6 is 22.9 Å². The van der Waals surface area contributed by atoms with Gasteiger partial charge in [0.2, 0.25) is 0 Å². The molecule has 4 nitrogen and oxygen atoms in total. The first-order valence-corrected chi connectivity index (χ1v) is 13.7. The minimum absolute atomic E-state index is 0.0787.